The van der Waals surface area contributed by atoms with E-state index in [4.69, 9.17) is 4.74 Å². The minimum atomic E-state index is -0.258. The Hall–Kier alpha value is -3.00. The first-order valence-electron chi connectivity index (χ1n) is 11.1. The molecule has 8 nitrogen and oxygen atoms in total. The predicted octanol–water partition coefficient (Wildman–Crippen LogP) is 4.42. The number of amides is 1. The second-order valence-corrected chi connectivity index (χ2v) is 7.37. The summed E-state index contributed by atoms with van der Waals surface area (Å²) < 4.78 is 5.30. The molecule has 8 heteroatoms. The van der Waals surface area contributed by atoms with Gasteiger partial charge in [0.1, 0.15) is 17.8 Å². The van der Waals surface area contributed by atoms with E-state index in [0.717, 1.165) is 36.1 Å². The largest absolute Gasteiger partial charge is 0.383 e. The van der Waals surface area contributed by atoms with Crippen molar-refractivity contribution in [2.45, 2.75) is 52.0 Å². The molecule has 0 bridgehead atoms. The van der Waals surface area contributed by atoms with Crippen LogP contribution in [-0.2, 0) is 4.74 Å². The Morgan fingerprint density at radius 1 is 1.19 bits per heavy atom. The molecule has 1 aliphatic rings. The van der Waals surface area contributed by atoms with Crippen molar-refractivity contribution in [3.05, 3.63) is 42.5 Å². The summed E-state index contributed by atoms with van der Waals surface area (Å²) in [5, 5.41) is 10.8. The van der Waals surface area contributed by atoms with Gasteiger partial charge in [0.05, 0.1) is 18.3 Å². The van der Waals surface area contributed by atoms with Gasteiger partial charge in [0.25, 0.3) is 5.91 Å². The van der Waals surface area contributed by atoms with Crippen LogP contribution in [0, 0.1) is 0 Å². The molecule has 0 atom stereocenters. The predicted molar refractivity (Wildman–Crippen MR) is 124 cm³/mol. The van der Waals surface area contributed by atoms with Crippen LogP contribution in [0.25, 0.3) is 10.9 Å². The Labute approximate surface area is 183 Å². The summed E-state index contributed by atoms with van der Waals surface area (Å²) in [6.07, 6.45) is 9.21. The number of benzene rings is 1. The molecule has 0 spiro atoms. The zero-order valence-corrected chi connectivity index (χ0v) is 18.6. The van der Waals surface area contributed by atoms with Gasteiger partial charge in [-0.2, -0.15) is 5.10 Å². The third kappa shape index (κ3) is 5.79. The monoisotopic (exact) mass is 424 g/mol. The van der Waals surface area contributed by atoms with Crippen LogP contribution in [0.5, 0.6) is 0 Å². The fourth-order valence-electron chi connectivity index (χ4n) is 3.91. The van der Waals surface area contributed by atoms with Gasteiger partial charge in [-0.15, -0.1) is 0 Å². The summed E-state index contributed by atoms with van der Waals surface area (Å²) in [4.78, 5) is 23.7. The van der Waals surface area contributed by atoms with Crippen molar-refractivity contribution in [3.8, 4) is 0 Å². The lowest BCUT2D eigenvalue weighted by molar-refractivity contribution is 0.102. The normalized spacial score (nSPS) is 14.0. The van der Waals surface area contributed by atoms with Gasteiger partial charge in [-0.25, -0.2) is 9.97 Å². The molecule has 0 radical (unpaired) electrons. The number of rotatable bonds is 7. The van der Waals surface area contributed by atoms with Gasteiger partial charge in [0.15, 0.2) is 0 Å². The minimum absolute atomic E-state index is 0.258. The number of hydrogen-bond donors (Lipinski definition) is 2. The van der Waals surface area contributed by atoms with Crippen LogP contribution in [0.3, 0.4) is 0 Å². The molecule has 0 unspecified atom stereocenters. The second kappa shape index (κ2) is 11.4. The van der Waals surface area contributed by atoms with Crippen LogP contribution in [0.2, 0.25) is 0 Å². The van der Waals surface area contributed by atoms with Crippen molar-refractivity contribution in [1.29, 1.82) is 0 Å². The van der Waals surface area contributed by atoms with E-state index in [1.54, 1.807) is 19.4 Å². The lowest BCUT2D eigenvalue weighted by Gasteiger charge is -2.35. The molecule has 3 aromatic rings. The number of hydrogen-bond acceptors (Lipinski definition) is 6. The van der Waals surface area contributed by atoms with Crippen molar-refractivity contribution in [2.24, 2.45) is 0 Å². The van der Waals surface area contributed by atoms with E-state index in [2.05, 4.69) is 30.4 Å². The fraction of sp³-hybridized carbons (Fsp3) is 0.478. The van der Waals surface area contributed by atoms with Crippen molar-refractivity contribution in [1.82, 2.24) is 20.2 Å². The highest BCUT2D eigenvalue weighted by molar-refractivity contribution is 6.04. The van der Waals surface area contributed by atoms with Gasteiger partial charge in [-0.1, -0.05) is 33.1 Å². The number of aromatic amines is 1. The number of aromatic nitrogens is 4. The highest BCUT2D eigenvalue weighted by Gasteiger charge is 2.23. The van der Waals surface area contributed by atoms with Crippen LogP contribution in [0.1, 0.15) is 56.4 Å². The minimum Gasteiger partial charge on any atom is -0.383 e. The molecule has 1 aromatic carbocycles. The molecule has 1 saturated carbocycles. The number of fused-ring (bicyclic) bond motifs is 1. The SMILES string of the molecule is CC.COCCN(c1cc(C(=O)Nc2ccc3[nH]ncc3c2)ncn1)C1CCCCC1. The Balaban J connectivity index is 0.00000132. The average Bonchev–Trinajstić information content (AvgIpc) is 3.29. The highest BCUT2D eigenvalue weighted by atomic mass is 16.5. The van der Waals surface area contributed by atoms with Gasteiger partial charge in [-0.05, 0) is 31.0 Å². The molecule has 1 amide bonds. The summed E-state index contributed by atoms with van der Waals surface area (Å²) in [7, 11) is 1.70. The van der Waals surface area contributed by atoms with E-state index in [1.807, 2.05) is 32.0 Å². The van der Waals surface area contributed by atoms with Gasteiger partial charge >= 0.3 is 0 Å². The highest BCUT2D eigenvalue weighted by Crippen LogP contribution is 2.26. The van der Waals surface area contributed by atoms with Crippen molar-refractivity contribution in [2.75, 3.05) is 30.5 Å². The van der Waals surface area contributed by atoms with Crippen LogP contribution in [0.4, 0.5) is 11.5 Å². The Bertz CT molecular complexity index is 967. The van der Waals surface area contributed by atoms with E-state index >= 15 is 0 Å². The molecule has 1 aliphatic carbocycles. The Morgan fingerprint density at radius 2 is 2.00 bits per heavy atom. The third-order valence-corrected chi connectivity index (χ3v) is 5.43. The summed E-state index contributed by atoms with van der Waals surface area (Å²) in [6, 6.07) is 7.81. The molecular weight excluding hydrogens is 392 g/mol. The standard InChI is InChI=1S/C21H26N6O2.C2H6/c1-29-10-9-27(17-5-3-2-4-6-17)20-12-19(22-14-23-20)21(28)25-16-7-8-18-15(11-16)13-24-26-18;1-2/h7-8,11-14,17H,2-6,9-10H2,1H3,(H,24,26)(H,25,28);1-2H3. The molecule has 2 N–H and O–H groups in total. The van der Waals surface area contributed by atoms with E-state index < -0.39 is 0 Å². The van der Waals surface area contributed by atoms with Crippen LogP contribution in [-0.4, -0.2) is 52.4 Å². The first kappa shape index (κ1) is 22.7. The van der Waals surface area contributed by atoms with Crippen molar-refractivity contribution in [3.63, 3.8) is 0 Å². The van der Waals surface area contributed by atoms with Gasteiger partial charge in [-0.3, -0.25) is 9.89 Å². The molecule has 31 heavy (non-hydrogen) atoms. The average molecular weight is 425 g/mol. The summed E-state index contributed by atoms with van der Waals surface area (Å²) >= 11 is 0. The maximum Gasteiger partial charge on any atom is 0.274 e. The summed E-state index contributed by atoms with van der Waals surface area (Å²) in [5.41, 5.74) is 1.97. The fourth-order valence-corrected chi connectivity index (χ4v) is 3.91. The maximum absolute atomic E-state index is 12.8. The van der Waals surface area contributed by atoms with Crippen molar-refractivity contribution >= 4 is 28.3 Å². The van der Waals surface area contributed by atoms with Crippen LogP contribution < -0.4 is 10.2 Å². The molecule has 0 saturated heterocycles. The smallest absolute Gasteiger partial charge is 0.274 e. The molecule has 166 valence electrons. The zero-order valence-electron chi connectivity index (χ0n) is 18.6. The quantitative estimate of drug-likeness (QED) is 0.583. The van der Waals surface area contributed by atoms with E-state index in [-0.39, 0.29) is 5.91 Å². The zero-order chi connectivity index (χ0) is 22.1. The number of nitrogens with zero attached hydrogens (tertiary/aromatic N) is 4. The molecule has 4 rings (SSSR count). The first-order valence-corrected chi connectivity index (χ1v) is 11.1. The van der Waals surface area contributed by atoms with Gasteiger partial charge < -0.3 is 15.0 Å². The number of carbonyl (C=O) groups excluding carboxylic acids is 1. The first-order chi connectivity index (χ1) is 15.2. The Morgan fingerprint density at radius 3 is 2.77 bits per heavy atom. The lowest BCUT2D eigenvalue weighted by Crippen LogP contribution is -2.39. The summed E-state index contributed by atoms with van der Waals surface area (Å²) in [6.45, 7) is 5.36. The van der Waals surface area contributed by atoms with E-state index in [9.17, 15) is 4.79 Å². The number of anilines is 2. The number of methoxy groups -OCH3 is 1. The molecular formula is C23H32N6O2. The molecule has 2 aromatic heterocycles. The maximum atomic E-state index is 12.8. The van der Waals surface area contributed by atoms with Gasteiger partial charge in [0.2, 0.25) is 0 Å². The topological polar surface area (TPSA) is 96.0 Å². The summed E-state index contributed by atoms with van der Waals surface area (Å²) in [5.74, 6) is 0.520. The number of ether oxygens (including phenoxy) is 1. The molecule has 2 heterocycles. The number of nitrogens with one attached hydrogen (secondary N) is 2. The Kier molecular flexibility index (Phi) is 8.35. The van der Waals surface area contributed by atoms with Gasteiger partial charge in [0, 0.05) is 36.8 Å². The van der Waals surface area contributed by atoms with Crippen molar-refractivity contribution < 1.29 is 9.53 Å². The lowest BCUT2D eigenvalue weighted by atomic mass is 9.94. The van der Waals surface area contributed by atoms with Crippen LogP contribution >= 0.6 is 0 Å². The molecule has 0 aliphatic heterocycles. The number of H-pyrrole nitrogens is 1. The van der Waals surface area contributed by atoms with E-state index in [0.29, 0.717) is 24.0 Å². The van der Waals surface area contributed by atoms with E-state index in [1.165, 1.54) is 25.6 Å². The second-order valence-electron chi connectivity index (χ2n) is 7.37. The molecule has 1 fully saturated rings. The number of carbonyl (C=O) groups is 1. The third-order valence-electron chi connectivity index (χ3n) is 5.43. The van der Waals surface area contributed by atoms with Crippen LogP contribution in [0.15, 0.2) is 36.8 Å².